The molecule has 0 saturated heterocycles. The van der Waals surface area contributed by atoms with Gasteiger partial charge in [-0.15, -0.1) is 0 Å². The van der Waals surface area contributed by atoms with Crippen molar-refractivity contribution in [2.75, 3.05) is 39.6 Å². The minimum absolute atomic E-state index is 0.0339. The van der Waals surface area contributed by atoms with Gasteiger partial charge in [-0.1, -0.05) is 310 Å². The zero-order valence-electron chi connectivity index (χ0n) is 64.3. The molecule has 0 heterocycles. The molecule has 0 rings (SSSR count). The van der Waals surface area contributed by atoms with Crippen molar-refractivity contribution in [3.05, 3.63) is 109 Å². The zero-order valence-corrected chi connectivity index (χ0v) is 66.0. The van der Waals surface area contributed by atoms with Crippen LogP contribution >= 0.6 is 15.6 Å². The minimum Gasteiger partial charge on any atom is -0.462 e. The summed E-state index contributed by atoms with van der Waals surface area (Å²) in [5, 5.41) is 10.6. The number of aliphatic hydroxyl groups is 1. The Morgan fingerprint density at radius 3 is 0.804 bits per heavy atom. The summed E-state index contributed by atoms with van der Waals surface area (Å²) in [5.74, 6) is -2.24. The van der Waals surface area contributed by atoms with Crippen molar-refractivity contribution >= 4 is 39.5 Å². The van der Waals surface area contributed by atoms with Gasteiger partial charge in [-0.3, -0.25) is 37.3 Å². The van der Waals surface area contributed by atoms with Crippen molar-refractivity contribution in [1.29, 1.82) is 0 Å². The quantitative estimate of drug-likeness (QED) is 0.0169. The fraction of sp³-hybridized carbons (Fsp3) is 0.735. The van der Waals surface area contributed by atoms with Gasteiger partial charge in [-0.2, -0.15) is 0 Å². The van der Waals surface area contributed by atoms with Crippen LogP contribution in [0.5, 0.6) is 0 Å². The van der Waals surface area contributed by atoms with Crippen molar-refractivity contribution in [3.8, 4) is 0 Å². The molecular weight excluding hydrogens is 1330 g/mol. The van der Waals surface area contributed by atoms with Crippen molar-refractivity contribution in [2.24, 2.45) is 0 Å². The lowest BCUT2D eigenvalue weighted by Gasteiger charge is -2.21. The summed E-state index contributed by atoms with van der Waals surface area (Å²) in [5.41, 5.74) is 0. The molecule has 5 atom stereocenters. The highest BCUT2D eigenvalue weighted by Gasteiger charge is 2.30. The van der Waals surface area contributed by atoms with Crippen molar-refractivity contribution in [2.45, 2.75) is 354 Å². The molecular formula is C83H144O17P2. The number of ether oxygens (including phenoxy) is 4. The highest BCUT2D eigenvalue weighted by atomic mass is 31.2. The summed E-state index contributed by atoms with van der Waals surface area (Å²) in [6.07, 6.45) is 80.7. The second kappa shape index (κ2) is 75.0. The van der Waals surface area contributed by atoms with Gasteiger partial charge >= 0.3 is 39.5 Å². The van der Waals surface area contributed by atoms with Crippen LogP contribution in [-0.2, 0) is 65.4 Å². The van der Waals surface area contributed by atoms with Crippen LogP contribution in [0.2, 0.25) is 0 Å². The van der Waals surface area contributed by atoms with Crippen LogP contribution in [0.25, 0.3) is 0 Å². The van der Waals surface area contributed by atoms with Gasteiger partial charge in [0.15, 0.2) is 12.2 Å². The van der Waals surface area contributed by atoms with Crippen molar-refractivity contribution in [1.82, 2.24) is 0 Å². The number of esters is 4. The largest absolute Gasteiger partial charge is 0.472 e. The molecule has 0 aromatic rings. The van der Waals surface area contributed by atoms with Crippen LogP contribution < -0.4 is 0 Å². The lowest BCUT2D eigenvalue weighted by Crippen LogP contribution is -2.30. The molecule has 19 heteroatoms. The summed E-state index contributed by atoms with van der Waals surface area (Å²) in [6.45, 7) is 4.60. The van der Waals surface area contributed by atoms with Gasteiger partial charge in [0.1, 0.15) is 19.3 Å². The van der Waals surface area contributed by atoms with Crippen LogP contribution in [0.4, 0.5) is 0 Å². The lowest BCUT2D eigenvalue weighted by molar-refractivity contribution is -0.161. The topological polar surface area (TPSA) is 237 Å². The third-order valence-corrected chi connectivity index (χ3v) is 18.7. The number of carbonyl (C=O) groups is 4. The number of aliphatic hydroxyl groups excluding tert-OH is 1. The Labute approximate surface area is 619 Å². The minimum atomic E-state index is -4.99. The van der Waals surface area contributed by atoms with Crippen LogP contribution in [0.1, 0.15) is 336 Å². The monoisotopic (exact) mass is 1470 g/mol. The fourth-order valence-electron chi connectivity index (χ4n) is 10.7. The SMILES string of the molecule is CC/C=C\C/C=C\C/C=C\C/C=C\C/C=C\CCCCCC(=O)OCC(COP(=O)(O)OCC(O)COP(=O)(O)OCC(COC(=O)CCCCCCCCCCCCCCCCC)OC(=O)CCCCCCCCCCCCCCC)OC(=O)CCCC/C=C\C/C=C\C/C=C\C/C=C\CC. The molecule has 3 N–H and O–H groups in total. The number of allylic oxidation sites excluding steroid dienone is 18. The van der Waals surface area contributed by atoms with Gasteiger partial charge in [-0.25, -0.2) is 9.13 Å². The molecule has 0 saturated carbocycles. The van der Waals surface area contributed by atoms with E-state index in [1.807, 2.05) is 0 Å². The van der Waals surface area contributed by atoms with E-state index in [1.165, 1.54) is 122 Å². The number of unbranched alkanes of at least 4 members (excludes halogenated alkanes) is 31. The van der Waals surface area contributed by atoms with E-state index >= 15 is 0 Å². The average molecular weight is 1480 g/mol. The highest BCUT2D eigenvalue weighted by molar-refractivity contribution is 7.47. The van der Waals surface area contributed by atoms with Crippen LogP contribution in [0.3, 0.4) is 0 Å². The van der Waals surface area contributed by atoms with Crippen molar-refractivity contribution < 1.29 is 80.2 Å². The molecule has 0 radical (unpaired) electrons. The number of hydrogen-bond donors (Lipinski definition) is 3. The molecule has 0 amide bonds. The summed E-state index contributed by atoms with van der Waals surface area (Å²) >= 11 is 0. The highest BCUT2D eigenvalue weighted by Crippen LogP contribution is 2.45. The maximum absolute atomic E-state index is 13.1. The van der Waals surface area contributed by atoms with Gasteiger partial charge < -0.3 is 33.8 Å². The third kappa shape index (κ3) is 74.0. The van der Waals surface area contributed by atoms with E-state index in [0.717, 1.165) is 128 Å². The molecule has 0 fully saturated rings. The summed E-state index contributed by atoms with van der Waals surface area (Å²) in [7, 11) is -9.97. The zero-order chi connectivity index (χ0) is 74.6. The lowest BCUT2D eigenvalue weighted by atomic mass is 10.0. The Hall–Kier alpha value is -4.28. The van der Waals surface area contributed by atoms with Gasteiger partial charge in [0.25, 0.3) is 0 Å². The molecule has 0 spiro atoms. The number of phosphoric ester groups is 2. The van der Waals surface area contributed by atoms with Gasteiger partial charge in [-0.05, 0) is 109 Å². The molecule has 5 unspecified atom stereocenters. The van der Waals surface area contributed by atoms with E-state index in [9.17, 15) is 43.2 Å². The maximum Gasteiger partial charge on any atom is 0.472 e. The average Bonchev–Trinajstić information content (AvgIpc) is 0.924. The third-order valence-electron chi connectivity index (χ3n) is 16.8. The van der Waals surface area contributed by atoms with Gasteiger partial charge in [0.05, 0.1) is 26.4 Å². The Morgan fingerprint density at radius 1 is 0.284 bits per heavy atom. The van der Waals surface area contributed by atoms with E-state index in [0.29, 0.717) is 32.1 Å². The summed E-state index contributed by atoms with van der Waals surface area (Å²) in [6, 6.07) is 0. The Kier molecular flexibility index (Phi) is 71.8. The molecule has 0 aliphatic carbocycles. The number of rotatable bonds is 75. The first-order chi connectivity index (χ1) is 49.7. The summed E-state index contributed by atoms with van der Waals surface area (Å²) in [4.78, 5) is 73.0. The first-order valence-electron chi connectivity index (χ1n) is 40.1. The standard InChI is InChI=1S/C83H144O17P2/c1-5-9-13-17-21-25-29-33-36-37-38-39-42-45-48-52-56-60-64-68-81(86)94-74-79(100-83(88)70-66-62-58-54-50-46-41-35-31-27-23-19-15-11-7-3)76-98-102(91,92)96-72-77(84)71-95-101(89,90)97-75-78(99-82(87)69-65-61-57-53-49-43-32-28-24-20-16-12-8-4)73-93-80(85)67-63-59-55-51-47-44-40-34-30-26-22-18-14-10-6-2/h9,11,13,15,21,23,25,27,33,35-36,38-39,41,45,48,50,54,77-79,84H,5-8,10,12,14,16-20,22,24,26,28-32,34,37,40,42-44,46-47,49,51-53,55-76H2,1-4H3,(H,89,90)(H,91,92)/b13-9-,15-11-,25-21-,27-23-,36-33-,39-38-,41-35-,48-45-,54-50-. The molecule has 0 aliphatic rings. The van der Waals surface area contributed by atoms with E-state index in [-0.39, 0.29) is 25.7 Å². The molecule has 17 nitrogen and oxygen atoms in total. The first kappa shape index (κ1) is 97.7. The number of carbonyl (C=O) groups excluding carboxylic acids is 4. The van der Waals surface area contributed by atoms with Crippen LogP contribution in [0.15, 0.2) is 109 Å². The molecule has 0 aliphatic heterocycles. The second-order valence-corrected chi connectivity index (χ2v) is 29.5. The number of phosphoric acid groups is 2. The predicted octanol–water partition coefficient (Wildman–Crippen LogP) is 23.3. The predicted molar refractivity (Wildman–Crippen MR) is 418 cm³/mol. The van der Waals surface area contributed by atoms with Crippen LogP contribution in [-0.4, -0.2) is 96.7 Å². The second-order valence-electron chi connectivity index (χ2n) is 26.6. The molecule has 588 valence electrons. The van der Waals surface area contributed by atoms with E-state index in [2.05, 4.69) is 137 Å². The Morgan fingerprint density at radius 2 is 0.510 bits per heavy atom. The van der Waals surface area contributed by atoms with E-state index < -0.39 is 97.5 Å². The molecule has 0 bridgehead atoms. The van der Waals surface area contributed by atoms with Gasteiger partial charge in [0.2, 0.25) is 0 Å². The summed E-state index contributed by atoms with van der Waals surface area (Å²) < 4.78 is 68.6. The smallest absolute Gasteiger partial charge is 0.462 e. The normalized spacial score (nSPS) is 14.5. The fourth-order valence-corrected chi connectivity index (χ4v) is 12.3. The van der Waals surface area contributed by atoms with Gasteiger partial charge in [0, 0.05) is 25.7 Å². The molecule has 102 heavy (non-hydrogen) atoms. The molecule has 0 aromatic heterocycles. The first-order valence-corrected chi connectivity index (χ1v) is 43.1. The maximum atomic E-state index is 13.1. The number of hydrogen-bond acceptors (Lipinski definition) is 15. The Bertz CT molecular complexity index is 2360. The van der Waals surface area contributed by atoms with Crippen LogP contribution in [0, 0.1) is 0 Å². The molecule has 0 aromatic carbocycles. The van der Waals surface area contributed by atoms with E-state index in [4.69, 9.17) is 37.0 Å². The van der Waals surface area contributed by atoms with E-state index in [1.54, 1.807) is 0 Å². The Balaban J connectivity index is 5.39. The van der Waals surface area contributed by atoms with Crippen molar-refractivity contribution in [3.63, 3.8) is 0 Å².